The Hall–Kier alpha value is -2.24. The molecule has 1 aromatic heterocycles. The highest BCUT2D eigenvalue weighted by Crippen LogP contribution is 2.34. The van der Waals surface area contributed by atoms with E-state index in [1.54, 1.807) is 13.0 Å². The highest BCUT2D eigenvalue weighted by atomic mass is 32.2. The van der Waals surface area contributed by atoms with Crippen molar-refractivity contribution in [1.82, 2.24) is 24.9 Å². The molecular formula is C16H23N5O5S. The van der Waals surface area contributed by atoms with Crippen molar-refractivity contribution in [2.45, 2.75) is 37.7 Å². The van der Waals surface area contributed by atoms with Gasteiger partial charge in [0.25, 0.3) is 0 Å². The first-order chi connectivity index (χ1) is 13.0. The van der Waals surface area contributed by atoms with E-state index in [0.29, 0.717) is 31.3 Å². The molecule has 3 rings (SSSR count). The van der Waals surface area contributed by atoms with Gasteiger partial charge >= 0.3 is 0 Å². The van der Waals surface area contributed by atoms with Crippen molar-refractivity contribution >= 4 is 10.0 Å². The van der Waals surface area contributed by atoms with E-state index in [1.165, 1.54) is 17.1 Å². The molecule has 11 heteroatoms. The molecule has 0 amide bonds. The second-order valence-electron chi connectivity index (χ2n) is 5.87. The zero-order chi connectivity index (χ0) is 19.3. The third kappa shape index (κ3) is 4.54. The second kappa shape index (κ2) is 8.63. The molecule has 0 saturated carbocycles. The summed E-state index contributed by atoms with van der Waals surface area (Å²) in [5.74, 6) is 0.539. The molecule has 2 heterocycles. The Balaban J connectivity index is 1.98. The highest BCUT2D eigenvalue weighted by molar-refractivity contribution is 7.89. The van der Waals surface area contributed by atoms with Gasteiger partial charge in [-0.3, -0.25) is 0 Å². The molecule has 1 fully saturated rings. The number of ether oxygens (including phenoxy) is 3. The summed E-state index contributed by atoms with van der Waals surface area (Å²) in [4.78, 5) is 0.00243. The van der Waals surface area contributed by atoms with E-state index in [4.69, 9.17) is 14.2 Å². The number of benzene rings is 1. The van der Waals surface area contributed by atoms with Crippen LogP contribution in [0.25, 0.3) is 5.69 Å². The molecule has 1 aromatic carbocycles. The molecule has 1 aliphatic rings. The van der Waals surface area contributed by atoms with E-state index in [0.717, 1.165) is 12.8 Å². The Kier molecular flexibility index (Phi) is 6.24. The summed E-state index contributed by atoms with van der Waals surface area (Å²) in [5, 5.41) is 11.1. The van der Waals surface area contributed by atoms with Crippen LogP contribution in [-0.4, -0.2) is 61.1 Å². The number of nitrogens with one attached hydrogen (secondary N) is 1. The lowest BCUT2D eigenvalue weighted by Crippen LogP contribution is -2.32. The topological polar surface area (TPSA) is 117 Å². The summed E-state index contributed by atoms with van der Waals surface area (Å²) in [7, 11) is -3.82. The second-order valence-corrected chi connectivity index (χ2v) is 7.61. The quantitative estimate of drug-likeness (QED) is 0.664. The van der Waals surface area contributed by atoms with Gasteiger partial charge in [-0.1, -0.05) is 0 Å². The van der Waals surface area contributed by atoms with E-state index in [1.807, 2.05) is 6.92 Å². The van der Waals surface area contributed by atoms with Crippen LogP contribution in [0.4, 0.5) is 0 Å². The van der Waals surface area contributed by atoms with Crippen molar-refractivity contribution in [3.8, 4) is 17.2 Å². The van der Waals surface area contributed by atoms with E-state index < -0.39 is 10.0 Å². The monoisotopic (exact) mass is 397 g/mol. The van der Waals surface area contributed by atoms with E-state index in [9.17, 15) is 8.42 Å². The molecule has 1 atom stereocenters. The first-order valence-electron chi connectivity index (χ1n) is 8.83. The molecular weight excluding hydrogens is 374 g/mol. The minimum Gasteiger partial charge on any atom is -0.492 e. The summed E-state index contributed by atoms with van der Waals surface area (Å²) in [6, 6.07) is 2.99. The van der Waals surface area contributed by atoms with Crippen LogP contribution in [0, 0.1) is 0 Å². The number of rotatable bonds is 9. The lowest BCUT2D eigenvalue weighted by Gasteiger charge is -2.17. The van der Waals surface area contributed by atoms with Crippen molar-refractivity contribution < 1.29 is 22.6 Å². The van der Waals surface area contributed by atoms with E-state index in [2.05, 4.69) is 20.2 Å². The summed E-state index contributed by atoms with van der Waals surface area (Å²) < 4.78 is 46.5. The molecule has 1 N–H and O–H groups in total. The van der Waals surface area contributed by atoms with Crippen molar-refractivity contribution in [3.63, 3.8) is 0 Å². The molecule has 0 radical (unpaired) electrons. The van der Waals surface area contributed by atoms with Crippen LogP contribution in [0.3, 0.4) is 0 Å². The predicted molar refractivity (Wildman–Crippen MR) is 95.7 cm³/mol. The Labute approximate surface area is 157 Å². The van der Waals surface area contributed by atoms with Gasteiger partial charge in [0.05, 0.1) is 19.3 Å². The predicted octanol–water partition coefficient (Wildman–Crippen LogP) is 0.917. The number of hydrogen-bond donors (Lipinski definition) is 1. The Morgan fingerprint density at radius 3 is 2.67 bits per heavy atom. The molecule has 0 spiro atoms. The maximum Gasteiger partial charge on any atom is 0.244 e. The lowest BCUT2D eigenvalue weighted by molar-refractivity contribution is 0.114. The van der Waals surface area contributed by atoms with Crippen LogP contribution >= 0.6 is 0 Å². The summed E-state index contributed by atoms with van der Waals surface area (Å²) >= 11 is 0. The van der Waals surface area contributed by atoms with Crippen LogP contribution < -0.4 is 14.2 Å². The third-order valence-electron chi connectivity index (χ3n) is 4.04. The van der Waals surface area contributed by atoms with Gasteiger partial charge in [0.1, 0.15) is 28.4 Å². The molecule has 10 nitrogen and oxygen atoms in total. The van der Waals surface area contributed by atoms with Crippen LogP contribution in [-0.2, 0) is 14.8 Å². The average Bonchev–Trinajstić information content (AvgIpc) is 3.35. The first-order valence-corrected chi connectivity index (χ1v) is 10.3. The standard InChI is InChI=1S/C16H23N5O5S/c1-3-24-14-9-16(27(22,23)18-10-12-6-5-7-26-12)15(25-4-2)8-13(14)21-11-17-19-20-21/h8-9,11-12,18H,3-7,10H2,1-2H3/t12-/m1/s1. The number of sulfonamides is 1. The number of hydrogen-bond acceptors (Lipinski definition) is 8. The van der Waals surface area contributed by atoms with Crippen LogP contribution in [0.15, 0.2) is 23.4 Å². The van der Waals surface area contributed by atoms with Crippen LogP contribution in [0.1, 0.15) is 26.7 Å². The van der Waals surface area contributed by atoms with E-state index in [-0.39, 0.29) is 23.3 Å². The van der Waals surface area contributed by atoms with Crippen molar-refractivity contribution in [1.29, 1.82) is 0 Å². The SMILES string of the molecule is CCOc1cc(S(=O)(=O)NC[C@H]2CCCO2)c(OCC)cc1-n1cnnn1. The van der Waals surface area contributed by atoms with Gasteiger partial charge in [-0.05, 0) is 37.1 Å². The highest BCUT2D eigenvalue weighted by Gasteiger charge is 2.26. The minimum atomic E-state index is -3.82. The van der Waals surface area contributed by atoms with Gasteiger partial charge in [-0.15, -0.1) is 5.10 Å². The van der Waals surface area contributed by atoms with Gasteiger partial charge in [-0.2, -0.15) is 4.68 Å². The van der Waals surface area contributed by atoms with E-state index >= 15 is 0 Å². The molecule has 2 aromatic rings. The van der Waals surface area contributed by atoms with Crippen molar-refractivity contribution in [2.75, 3.05) is 26.4 Å². The molecule has 0 aliphatic carbocycles. The van der Waals surface area contributed by atoms with Gasteiger partial charge < -0.3 is 14.2 Å². The third-order valence-corrected chi connectivity index (χ3v) is 5.48. The molecule has 0 unspecified atom stereocenters. The van der Waals surface area contributed by atoms with Crippen LogP contribution in [0.5, 0.6) is 11.5 Å². The fourth-order valence-corrected chi connectivity index (χ4v) is 4.02. The van der Waals surface area contributed by atoms with Gasteiger partial charge in [0.2, 0.25) is 10.0 Å². The van der Waals surface area contributed by atoms with Crippen molar-refractivity contribution in [2.24, 2.45) is 0 Å². The molecule has 0 bridgehead atoms. The molecule has 1 aliphatic heterocycles. The Morgan fingerprint density at radius 2 is 2.04 bits per heavy atom. The number of nitrogens with zero attached hydrogens (tertiary/aromatic N) is 4. The molecule has 1 saturated heterocycles. The zero-order valence-corrected chi connectivity index (χ0v) is 16.1. The zero-order valence-electron chi connectivity index (χ0n) is 15.3. The van der Waals surface area contributed by atoms with Crippen molar-refractivity contribution in [3.05, 3.63) is 18.5 Å². The maximum absolute atomic E-state index is 12.9. The molecule has 27 heavy (non-hydrogen) atoms. The fraction of sp³-hybridized carbons (Fsp3) is 0.562. The summed E-state index contributed by atoms with van der Waals surface area (Å²) in [5.41, 5.74) is 0.489. The van der Waals surface area contributed by atoms with Gasteiger partial charge in [0, 0.05) is 25.3 Å². The van der Waals surface area contributed by atoms with Gasteiger partial charge in [0.15, 0.2) is 0 Å². The Morgan fingerprint density at radius 1 is 1.26 bits per heavy atom. The molecule has 148 valence electrons. The summed E-state index contributed by atoms with van der Waals surface area (Å²) in [6.07, 6.45) is 3.06. The number of tetrazole rings is 1. The van der Waals surface area contributed by atoms with Crippen LogP contribution in [0.2, 0.25) is 0 Å². The smallest absolute Gasteiger partial charge is 0.244 e. The number of aromatic nitrogens is 4. The fourth-order valence-electron chi connectivity index (χ4n) is 2.82. The normalized spacial score (nSPS) is 17.2. The summed E-state index contributed by atoms with van der Waals surface area (Å²) in [6.45, 7) is 5.12. The maximum atomic E-state index is 12.9. The largest absolute Gasteiger partial charge is 0.492 e. The lowest BCUT2D eigenvalue weighted by atomic mass is 10.2. The van der Waals surface area contributed by atoms with Gasteiger partial charge in [-0.25, -0.2) is 13.1 Å². The average molecular weight is 397 g/mol. The minimum absolute atomic E-state index is 0.00243. The Bertz CT molecular complexity index is 850. The first kappa shape index (κ1) is 19.5.